The molecule has 0 radical (unpaired) electrons. The van der Waals surface area contributed by atoms with Crippen molar-refractivity contribution in [3.8, 4) is 0 Å². The van der Waals surface area contributed by atoms with Crippen LogP contribution in [0.2, 0.25) is 0 Å². The van der Waals surface area contributed by atoms with E-state index >= 15 is 0 Å². The van der Waals surface area contributed by atoms with E-state index in [9.17, 15) is 4.39 Å². The van der Waals surface area contributed by atoms with Crippen molar-refractivity contribution in [2.75, 3.05) is 0 Å². The van der Waals surface area contributed by atoms with Gasteiger partial charge in [-0.05, 0) is 24.6 Å². The summed E-state index contributed by atoms with van der Waals surface area (Å²) in [6.07, 6.45) is 1.56. The third-order valence-corrected chi connectivity index (χ3v) is 1.67. The van der Waals surface area contributed by atoms with Gasteiger partial charge in [0.25, 0.3) is 0 Å². The van der Waals surface area contributed by atoms with Gasteiger partial charge in [0.15, 0.2) is 5.84 Å². The third-order valence-electron chi connectivity index (χ3n) is 1.67. The summed E-state index contributed by atoms with van der Waals surface area (Å²) in [6.45, 7) is 8.49. The van der Waals surface area contributed by atoms with Crippen LogP contribution in [0, 0.1) is 0 Å². The van der Waals surface area contributed by atoms with Crippen LogP contribution < -0.4 is 5.73 Å². The molecule has 0 atom stereocenters. The van der Waals surface area contributed by atoms with Gasteiger partial charge in [-0.25, -0.2) is 4.99 Å². The Kier molecular flexibility index (Phi) is 2.41. The predicted octanol–water partition coefficient (Wildman–Crippen LogP) is 1.70. The van der Waals surface area contributed by atoms with Crippen molar-refractivity contribution < 1.29 is 4.39 Å². The molecule has 0 bridgehead atoms. The molecule has 0 spiro atoms. The van der Waals surface area contributed by atoms with Crippen LogP contribution in [-0.4, -0.2) is 12.1 Å². The van der Waals surface area contributed by atoms with Gasteiger partial charge in [-0.15, -0.1) is 0 Å². The largest absolute Gasteiger partial charge is 0.382 e. The highest BCUT2D eigenvalue weighted by molar-refractivity contribution is 6.05. The van der Waals surface area contributed by atoms with E-state index in [0.717, 1.165) is 11.1 Å². The minimum Gasteiger partial charge on any atom is -0.382 e. The van der Waals surface area contributed by atoms with Crippen LogP contribution in [0.15, 0.2) is 45.9 Å². The fraction of sp³-hybridized carbons (Fsp3) is 0.111. The van der Waals surface area contributed by atoms with Gasteiger partial charge in [-0.2, -0.15) is 4.39 Å². The van der Waals surface area contributed by atoms with Gasteiger partial charge >= 0.3 is 0 Å². The standard InChI is InChI=1S/C9H10FN3/c1-5-4-12-8(6(5)2)9(11)13-7(3)10/h4H,1,3H2,2H3,(H2,11,13). The maximum Gasteiger partial charge on any atom is 0.207 e. The fourth-order valence-corrected chi connectivity index (χ4v) is 0.930. The first-order valence-electron chi connectivity index (χ1n) is 3.65. The molecule has 4 heteroatoms. The lowest BCUT2D eigenvalue weighted by atomic mass is 10.1. The molecule has 0 aromatic heterocycles. The second kappa shape index (κ2) is 3.35. The molecule has 13 heavy (non-hydrogen) atoms. The molecule has 0 saturated carbocycles. The average Bonchev–Trinajstić information content (AvgIpc) is 2.31. The quantitative estimate of drug-likeness (QED) is 0.391. The number of nitrogens with zero attached hydrogens (tertiary/aromatic N) is 2. The lowest BCUT2D eigenvalue weighted by Gasteiger charge is -1.99. The lowest BCUT2D eigenvalue weighted by Crippen LogP contribution is -2.13. The minimum atomic E-state index is -0.828. The first-order chi connectivity index (χ1) is 6.02. The number of hydrogen-bond donors (Lipinski definition) is 1. The van der Waals surface area contributed by atoms with Crippen LogP contribution >= 0.6 is 0 Å². The number of rotatable bonds is 2. The molecule has 0 amide bonds. The average molecular weight is 179 g/mol. The van der Waals surface area contributed by atoms with E-state index in [1.54, 1.807) is 13.1 Å². The van der Waals surface area contributed by atoms with E-state index in [2.05, 4.69) is 23.1 Å². The highest BCUT2D eigenvalue weighted by atomic mass is 19.1. The summed E-state index contributed by atoms with van der Waals surface area (Å²) in [7, 11) is 0. The van der Waals surface area contributed by atoms with Crippen molar-refractivity contribution >= 4 is 12.1 Å². The molecule has 0 unspecified atom stereocenters. The Balaban J connectivity index is 3.04. The molecule has 68 valence electrons. The zero-order chi connectivity index (χ0) is 10.0. The molecule has 0 aromatic rings. The minimum absolute atomic E-state index is 0.0277. The van der Waals surface area contributed by atoms with E-state index in [-0.39, 0.29) is 5.84 Å². The molecule has 0 aliphatic carbocycles. The van der Waals surface area contributed by atoms with Gasteiger partial charge in [0.1, 0.15) is 5.70 Å². The number of halogens is 1. The van der Waals surface area contributed by atoms with Crippen LogP contribution in [0.4, 0.5) is 4.39 Å². The summed E-state index contributed by atoms with van der Waals surface area (Å²) in [5.74, 6) is -0.801. The Hall–Kier alpha value is -1.71. The Labute approximate surface area is 75.9 Å². The molecule has 2 N–H and O–H groups in total. The van der Waals surface area contributed by atoms with Crippen molar-refractivity contribution in [2.24, 2.45) is 15.7 Å². The SMILES string of the molecule is C=C(F)/N=C(/N)C1=C(C)C(=C)C=N1. The number of aliphatic imine (C=N–C) groups is 2. The number of amidine groups is 1. The summed E-state index contributed by atoms with van der Waals surface area (Å²) in [5, 5.41) is 0. The topological polar surface area (TPSA) is 50.7 Å². The summed E-state index contributed by atoms with van der Waals surface area (Å²) >= 11 is 0. The zero-order valence-corrected chi connectivity index (χ0v) is 7.34. The predicted molar refractivity (Wildman–Crippen MR) is 52.2 cm³/mol. The molecule has 0 fully saturated rings. The summed E-state index contributed by atoms with van der Waals surface area (Å²) in [6, 6.07) is 0. The van der Waals surface area contributed by atoms with Gasteiger partial charge in [-0.1, -0.05) is 6.58 Å². The van der Waals surface area contributed by atoms with E-state index in [1.807, 2.05) is 0 Å². The van der Waals surface area contributed by atoms with Gasteiger partial charge in [0.2, 0.25) is 5.95 Å². The Morgan fingerprint density at radius 2 is 2.31 bits per heavy atom. The molecule has 1 rings (SSSR count). The van der Waals surface area contributed by atoms with Crippen molar-refractivity contribution in [3.05, 3.63) is 36.0 Å². The smallest absolute Gasteiger partial charge is 0.207 e. The maximum atomic E-state index is 12.3. The van der Waals surface area contributed by atoms with E-state index in [1.165, 1.54) is 0 Å². The lowest BCUT2D eigenvalue weighted by molar-refractivity contribution is 0.632. The number of hydrogen-bond acceptors (Lipinski definition) is 2. The second-order valence-electron chi connectivity index (χ2n) is 2.63. The van der Waals surface area contributed by atoms with Gasteiger partial charge in [-0.3, -0.25) is 4.99 Å². The Morgan fingerprint density at radius 3 is 2.69 bits per heavy atom. The van der Waals surface area contributed by atoms with Crippen molar-refractivity contribution in [1.29, 1.82) is 0 Å². The second-order valence-corrected chi connectivity index (χ2v) is 2.63. The fourth-order valence-electron chi connectivity index (χ4n) is 0.930. The number of allylic oxidation sites excluding steroid dienone is 2. The first-order valence-corrected chi connectivity index (χ1v) is 3.65. The Bertz CT molecular complexity index is 361. The summed E-state index contributed by atoms with van der Waals surface area (Å²) in [4.78, 5) is 7.31. The summed E-state index contributed by atoms with van der Waals surface area (Å²) < 4.78 is 12.3. The van der Waals surface area contributed by atoms with Crippen LogP contribution in [0.3, 0.4) is 0 Å². The zero-order valence-electron chi connectivity index (χ0n) is 7.34. The molecule has 1 aliphatic rings. The van der Waals surface area contributed by atoms with Crippen LogP contribution in [-0.2, 0) is 0 Å². The molecular weight excluding hydrogens is 169 g/mol. The molecule has 3 nitrogen and oxygen atoms in total. The third kappa shape index (κ3) is 1.90. The normalized spacial score (nSPS) is 17.1. The summed E-state index contributed by atoms with van der Waals surface area (Å²) in [5.41, 5.74) is 7.50. The van der Waals surface area contributed by atoms with Crippen molar-refractivity contribution in [3.63, 3.8) is 0 Å². The van der Waals surface area contributed by atoms with Crippen molar-refractivity contribution in [2.45, 2.75) is 6.92 Å². The Morgan fingerprint density at radius 1 is 1.69 bits per heavy atom. The van der Waals surface area contributed by atoms with E-state index < -0.39 is 5.95 Å². The highest BCUT2D eigenvalue weighted by Gasteiger charge is 2.13. The molecular formula is C9H10FN3. The molecule has 1 aliphatic heterocycles. The van der Waals surface area contributed by atoms with Gasteiger partial charge in [0.05, 0.1) is 0 Å². The van der Waals surface area contributed by atoms with Crippen molar-refractivity contribution in [1.82, 2.24) is 0 Å². The maximum absolute atomic E-state index is 12.3. The van der Waals surface area contributed by atoms with Crippen LogP contribution in [0.25, 0.3) is 0 Å². The van der Waals surface area contributed by atoms with E-state index in [4.69, 9.17) is 5.73 Å². The first kappa shape index (κ1) is 9.38. The molecule has 1 heterocycles. The van der Waals surface area contributed by atoms with Crippen LogP contribution in [0.1, 0.15) is 6.92 Å². The van der Waals surface area contributed by atoms with E-state index in [0.29, 0.717) is 5.70 Å². The molecule has 0 saturated heterocycles. The monoisotopic (exact) mass is 179 g/mol. The van der Waals surface area contributed by atoms with Gasteiger partial charge in [0, 0.05) is 6.21 Å². The molecule has 0 aromatic carbocycles. The van der Waals surface area contributed by atoms with Gasteiger partial charge < -0.3 is 5.73 Å². The van der Waals surface area contributed by atoms with Crippen LogP contribution in [0.5, 0.6) is 0 Å². The number of nitrogens with two attached hydrogens (primary N) is 1. The highest BCUT2D eigenvalue weighted by Crippen LogP contribution is 2.19.